The van der Waals surface area contributed by atoms with Crippen LogP contribution in [-0.4, -0.2) is 35.7 Å². The van der Waals surface area contributed by atoms with Crippen molar-refractivity contribution in [1.82, 2.24) is 9.88 Å². The second kappa shape index (κ2) is 6.50. The number of morpholine rings is 1. The van der Waals surface area contributed by atoms with Crippen LogP contribution in [0.1, 0.15) is 29.4 Å². The molecule has 1 fully saturated rings. The SMILES string of the molecule is CCc1cnc(NC(=O)N2CCOCC2c2ccc(C)o2)s1. The zero-order chi connectivity index (χ0) is 15.5. The van der Waals surface area contributed by atoms with Crippen molar-refractivity contribution in [3.8, 4) is 0 Å². The number of thiazole rings is 1. The number of ether oxygens (including phenoxy) is 1. The first-order chi connectivity index (χ1) is 10.7. The molecule has 0 aromatic carbocycles. The lowest BCUT2D eigenvalue weighted by molar-refractivity contribution is 0.00710. The normalized spacial score (nSPS) is 18.5. The molecule has 1 saturated heterocycles. The van der Waals surface area contributed by atoms with E-state index in [2.05, 4.69) is 17.2 Å². The minimum atomic E-state index is -0.201. The summed E-state index contributed by atoms with van der Waals surface area (Å²) in [5.41, 5.74) is 0. The Balaban J connectivity index is 1.73. The number of nitrogens with zero attached hydrogens (tertiary/aromatic N) is 2. The van der Waals surface area contributed by atoms with Crippen LogP contribution in [0, 0.1) is 6.92 Å². The summed E-state index contributed by atoms with van der Waals surface area (Å²) in [5.74, 6) is 1.58. The van der Waals surface area contributed by atoms with Crippen LogP contribution in [0.2, 0.25) is 0 Å². The van der Waals surface area contributed by atoms with Gasteiger partial charge in [0.05, 0.1) is 13.2 Å². The fraction of sp³-hybridized carbons (Fsp3) is 0.467. The van der Waals surface area contributed by atoms with E-state index >= 15 is 0 Å². The number of anilines is 1. The van der Waals surface area contributed by atoms with Crippen molar-refractivity contribution in [2.75, 3.05) is 25.1 Å². The minimum Gasteiger partial charge on any atom is -0.464 e. The molecule has 2 aromatic heterocycles. The second-order valence-electron chi connectivity index (χ2n) is 5.15. The lowest BCUT2D eigenvalue weighted by atomic mass is 10.2. The highest BCUT2D eigenvalue weighted by Crippen LogP contribution is 2.27. The zero-order valence-electron chi connectivity index (χ0n) is 12.7. The van der Waals surface area contributed by atoms with Gasteiger partial charge in [-0.3, -0.25) is 5.32 Å². The Morgan fingerprint density at radius 2 is 2.41 bits per heavy atom. The van der Waals surface area contributed by atoms with Crippen molar-refractivity contribution in [2.24, 2.45) is 0 Å². The van der Waals surface area contributed by atoms with E-state index in [1.807, 2.05) is 19.1 Å². The van der Waals surface area contributed by atoms with E-state index in [9.17, 15) is 4.79 Å². The Kier molecular flexibility index (Phi) is 4.44. The van der Waals surface area contributed by atoms with Crippen molar-refractivity contribution in [3.05, 3.63) is 34.7 Å². The Bertz CT molecular complexity index is 652. The van der Waals surface area contributed by atoms with Gasteiger partial charge in [-0.15, -0.1) is 11.3 Å². The van der Waals surface area contributed by atoms with Gasteiger partial charge in [0.15, 0.2) is 5.13 Å². The van der Waals surface area contributed by atoms with Crippen molar-refractivity contribution in [3.63, 3.8) is 0 Å². The molecular formula is C15H19N3O3S. The topological polar surface area (TPSA) is 67.6 Å². The van der Waals surface area contributed by atoms with Crippen LogP contribution in [0.4, 0.5) is 9.93 Å². The monoisotopic (exact) mass is 321 g/mol. The first-order valence-corrected chi connectivity index (χ1v) is 8.15. The maximum Gasteiger partial charge on any atom is 0.324 e. The largest absolute Gasteiger partial charge is 0.464 e. The Morgan fingerprint density at radius 3 is 3.09 bits per heavy atom. The Labute approximate surface area is 133 Å². The number of carbonyl (C=O) groups excluding carboxylic acids is 1. The van der Waals surface area contributed by atoms with Crippen LogP contribution in [0.25, 0.3) is 0 Å². The highest BCUT2D eigenvalue weighted by molar-refractivity contribution is 7.15. The number of rotatable bonds is 3. The van der Waals surface area contributed by atoms with E-state index in [4.69, 9.17) is 9.15 Å². The molecule has 7 heteroatoms. The van der Waals surface area contributed by atoms with E-state index in [1.165, 1.54) is 11.3 Å². The number of aromatic nitrogens is 1. The number of urea groups is 1. The number of hydrogen-bond donors (Lipinski definition) is 1. The first kappa shape index (κ1) is 15.1. The van der Waals surface area contributed by atoms with Crippen molar-refractivity contribution in [1.29, 1.82) is 0 Å². The molecule has 2 aromatic rings. The van der Waals surface area contributed by atoms with E-state index < -0.39 is 0 Å². The maximum absolute atomic E-state index is 12.5. The second-order valence-corrected chi connectivity index (χ2v) is 6.26. The number of aryl methyl sites for hydroxylation is 2. The quantitative estimate of drug-likeness (QED) is 0.942. The summed E-state index contributed by atoms with van der Waals surface area (Å²) in [5, 5.41) is 3.50. The summed E-state index contributed by atoms with van der Waals surface area (Å²) in [6, 6.07) is 3.43. The van der Waals surface area contributed by atoms with Gasteiger partial charge in [-0.1, -0.05) is 6.92 Å². The molecule has 0 spiro atoms. The molecule has 1 atom stereocenters. The molecular weight excluding hydrogens is 302 g/mol. The van der Waals surface area contributed by atoms with Crippen LogP contribution in [0.3, 0.4) is 0 Å². The molecule has 6 nitrogen and oxygen atoms in total. The van der Waals surface area contributed by atoms with Crippen LogP contribution in [0.15, 0.2) is 22.7 Å². The smallest absolute Gasteiger partial charge is 0.324 e. The molecule has 0 saturated carbocycles. The minimum absolute atomic E-state index is 0.167. The lowest BCUT2D eigenvalue weighted by Gasteiger charge is -2.34. The lowest BCUT2D eigenvalue weighted by Crippen LogP contribution is -2.45. The van der Waals surface area contributed by atoms with E-state index in [0.717, 1.165) is 22.8 Å². The third-order valence-electron chi connectivity index (χ3n) is 3.59. The molecule has 118 valence electrons. The summed E-state index contributed by atoms with van der Waals surface area (Å²) in [7, 11) is 0. The van der Waals surface area contributed by atoms with E-state index in [0.29, 0.717) is 24.9 Å². The molecule has 2 amide bonds. The fourth-order valence-corrected chi connectivity index (χ4v) is 3.15. The Hall–Kier alpha value is -1.86. The van der Waals surface area contributed by atoms with Gasteiger partial charge in [0.25, 0.3) is 0 Å². The molecule has 3 heterocycles. The summed E-state index contributed by atoms with van der Waals surface area (Å²) in [6.45, 7) is 5.46. The zero-order valence-corrected chi connectivity index (χ0v) is 13.5. The van der Waals surface area contributed by atoms with Crippen molar-refractivity contribution >= 4 is 22.5 Å². The molecule has 22 heavy (non-hydrogen) atoms. The van der Waals surface area contributed by atoms with Crippen LogP contribution < -0.4 is 5.32 Å². The summed E-state index contributed by atoms with van der Waals surface area (Å²) in [6.07, 6.45) is 2.71. The highest BCUT2D eigenvalue weighted by Gasteiger charge is 2.31. The van der Waals surface area contributed by atoms with Crippen LogP contribution in [0.5, 0.6) is 0 Å². The Morgan fingerprint density at radius 1 is 1.55 bits per heavy atom. The number of nitrogens with one attached hydrogen (secondary N) is 1. The highest BCUT2D eigenvalue weighted by atomic mass is 32.1. The standard InChI is InChI=1S/C15H19N3O3S/c1-3-11-8-16-14(22-11)17-15(19)18-6-7-20-9-12(18)13-5-4-10(2)21-13/h4-5,8,12H,3,6-7,9H2,1-2H3,(H,16,17,19). The molecule has 1 N–H and O–H groups in total. The molecule has 3 rings (SSSR count). The maximum atomic E-state index is 12.5. The molecule has 0 bridgehead atoms. The van der Waals surface area contributed by atoms with Crippen LogP contribution in [-0.2, 0) is 11.2 Å². The average molecular weight is 321 g/mol. The number of hydrogen-bond acceptors (Lipinski definition) is 5. The summed E-state index contributed by atoms with van der Waals surface area (Å²) < 4.78 is 11.2. The van der Waals surface area contributed by atoms with E-state index in [-0.39, 0.29) is 12.1 Å². The van der Waals surface area contributed by atoms with Crippen molar-refractivity contribution in [2.45, 2.75) is 26.3 Å². The van der Waals surface area contributed by atoms with Gasteiger partial charge in [0.2, 0.25) is 0 Å². The first-order valence-electron chi connectivity index (χ1n) is 7.33. The molecule has 1 aliphatic heterocycles. The van der Waals surface area contributed by atoms with Gasteiger partial charge < -0.3 is 14.1 Å². The van der Waals surface area contributed by atoms with E-state index in [1.54, 1.807) is 11.1 Å². The van der Waals surface area contributed by atoms with Gasteiger partial charge in [0.1, 0.15) is 17.6 Å². The molecule has 1 aliphatic rings. The van der Waals surface area contributed by atoms with Gasteiger partial charge in [0, 0.05) is 17.6 Å². The fourth-order valence-electron chi connectivity index (χ4n) is 2.41. The number of furan rings is 1. The van der Waals surface area contributed by atoms with Crippen LogP contribution >= 0.6 is 11.3 Å². The number of carbonyl (C=O) groups is 1. The predicted octanol–water partition coefficient (Wildman–Crippen LogP) is 3.21. The number of amides is 2. The average Bonchev–Trinajstić information content (AvgIpc) is 3.16. The molecule has 1 unspecified atom stereocenters. The third-order valence-corrected chi connectivity index (χ3v) is 4.65. The van der Waals surface area contributed by atoms with Gasteiger partial charge in [-0.2, -0.15) is 0 Å². The summed E-state index contributed by atoms with van der Waals surface area (Å²) >= 11 is 1.50. The van der Waals surface area contributed by atoms with Crippen molar-refractivity contribution < 1.29 is 13.9 Å². The van der Waals surface area contributed by atoms with Gasteiger partial charge in [-0.25, -0.2) is 9.78 Å². The predicted molar refractivity (Wildman–Crippen MR) is 84.2 cm³/mol. The van der Waals surface area contributed by atoms with Gasteiger partial charge >= 0.3 is 6.03 Å². The molecule has 0 aliphatic carbocycles. The summed E-state index contributed by atoms with van der Waals surface area (Å²) in [4.78, 5) is 19.7. The molecule has 0 radical (unpaired) electrons. The third kappa shape index (κ3) is 3.15. The van der Waals surface area contributed by atoms with Gasteiger partial charge in [-0.05, 0) is 25.5 Å².